The van der Waals surface area contributed by atoms with Gasteiger partial charge in [0.1, 0.15) is 12.1 Å². The molecule has 3 aromatic carbocycles. The molecule has 5 nitrogen and oxygen atoms in total. The van der Waals surface area contributed by atoms with Crippen LogP contribution in [0.3, 0.4) is 0 Å². The number of hydrogen-bond donors (Lipinski definition) is 1. The molecular formula is C25H18FN3O2S2. The zero-order valence-corrected chi connectivity index (χ0v) is 19.1. The number of aryl methyl sites for hydroxylation is 1. The molecule has 0 saturated heterocycles. The van der Waals surface area contributed by atoms with Crippen LogP contribution in [0.4, 0.5) is 10.1 Å². The number of halogens is 1. The molecule has 0 aliphatic carbocycles. The fourth-order valence-electron chi connectivity index (χ4n) is 3.44. The molecule has 5 aromatic rings. The summed E-state index contributed by atoms with van der Waals surface area (Å²) in [4.78, 5) is 10.0. The number of thiophene rings is 1. The summed E-state index contributed by atoms with van der Waals surface area (Å²) >= 11 is 1.53. The maximum absolute atomic E-state index is 13.3. The summed E-state index contributed by atoms with van der Waals surface area (Å²) in [6.45, 7) is 1.91. The highest BCUT2D eigenvalue weighted by Gasteiger charge is 2.15. The van der Waals surface area contributed by atoms with E-state index in [0.29, 0.717) is 5.69 Å². The molecule has 33 heavy (non-hydrogen) atoms. The first-order valence-electron chi connectivity index (χ1n) is 10.1. The lowest BCUT2D eigenvalue weighted by atomic mass is 10.1. The summed E-state index contributed by atoms with van der Waals surface area (Å²) in [6.07, 6.45) is 1.51. The van der Waals surface area contributed by atoms with Crippen molar-refractivity contribution in [2.45, 2.75) is 11.8 Å². The second-order valence-corrected chi connectivity index (χ2v) is 10.3. The minimum Gasteiger partial charge on any atom is -0.280 e. The van der Waals surface area contributed by atoms with Crippen LogP contribution in [0.2, 0.25) is 0 Å². The molecule has 0 bridgehead atoms. The van der Waals surface area contributed by atoms with E-state index in [1.165, 1.54) is 29.8 Å². The van der Waals surface area contributed by atoms with Gasteiger partial charge in [0, 0.05) is 16.1 Å². The Hall–Kier alpha value is -3.62. The Morgan fingerprint density at radius 1 is 0.848 bits per heavy atom. The van der Waals surface area contributed by atoms with Gasteiger partial charge in [-0.1, -0.05) is 42.0 Å². The molecule has 2 heterocycles. The third-order valence-corrected chi connectivity index (χ3v) is 7.76. The van der Waals surface area contributed by atoms with Gasteiger partial charge in [-0.25, -0.2) is 22.8 Å². The highest BCUT2D eigenvalue weighted by atomic mass is 32.2. The van der Waals surface area contributed by atoms with Crippen LogP contribution >= 0.6 is 11.3 Å². The number of benzene rings is 3. The first kappa shape index (κ1) is 21.2. The number of fused-ring (bicyclic) bond motifs is 1. The SMILES string of the molecule is Cc1ccc(S(=O)(=O)Nc2ccc(-c3ncnc4cc(-c5ccc(F)cc5)sc34)cc2)cc1. The summed E-state index contributed by atoms with van der Waals surface area (Å²) < 4.78 is 42.1. The van der Waals surface area contributed by atoms with Gasteiger partial charge in [0.05, 0.1) is 20.8 Å². The molecule has 8 heteroatoms. The van der Waals surface area contributed by atoms with Crippen molar-refractivity contribution in [3.8, 4) is 21.7 Å². The lowest BCUT2D eigenvalue weighted by molar-refractivity contribution is 0.601. The fraction of sp³-hybridized carbons (Fsp3) is 0.0400. The molecule has 2 aromatic heterocycles. The van der Waals surface area contributed by atoms with Crippen LogP contribution in [-0.2, 0) is 10.0 Å². The molecule has 1 N–H and O–H groups in total. The van der Waals surface area contributed by atoms with Crippen LogP contribution in [0, 0.1) is 12.7 Å². The Labute approximate surface area is 194 Å². The molecule has 164 valence electrons. The topological polar surface area (TPSA) is 72.0 Å². The highest BCUT2D eigenvalue weighted by Crippen LogP contribution is 2.37. The predicted octanol–water partition coefficient (Wildman–Crippen LogP) is 6.27. The van der Waals surface area contributed by atoms with Gasteiger partial charge in [-0.2, -0.15) is 0 Å². The van der Waals surface area contributed by atoms with E-state index in [4.69, 9.17) is 0 Å². The maximum Gasteiger partial charge on any atom is 0.261 e. The average Bonchev–Trinajstić information content (AvgIpc) is 3.25. The molecule has 0 amide bonds. The van der Waals surface area contributed by atoms with Crippen LogP contribution in [0.15, 0.2) is 90.1 Å². The van der Waals surface area contributed by atoms with Gasteiger partial charge in [0.15, 0.2) is 0 Å². The van der Waals surface area contributed by atoms with Crippen molar-refractivity contribution in [3.05, 3.63) is 96.6 Å². The standard InChI is InChI=1S/C25H18FN3O2S2/c1-16-2-12-21(13-3-16)33(30,31)29-20-10-6-18(7-11-20)24-25-22(27-15-28-24)14-23(32-25)17-4-8-19(26)9-5-17/h2-15,29H,1H3. The molecule has 0 spiro atoms. The van der Waals surface area contributed by atoms with Crippen molar-refractivity contribution < 1.29 is 12.8 Å². The van der Waals surface area contributed by atoms with E-state index in [1.54, 1.807) is 48.5 Å². The van der Waals surface area contributed by atoms with Crippen LogP contribution in [0.5, 0.6) is 0 Å². The predicted molar refractivity (Wildman–Crippen MR) is 130 cm³/mol. The highest BCUT2D eigenvalue weighted by molar-refractivity contribution is 7.92. The van der Waals surface area contributed by atoms with E-state index in [1.807, 2.05) is 25.1 Å². The third kappa shape index (κ3) is 4.35. The minimum absolute atomic E-state index is 0.210. The number of aromatic nitrogens is 2. The van der Waals surface area contributed by atoms with Gasteiger partial charge >= 0.3 is 0 Å². The van der Waals surface area contributed by atoms with E-state index in [9.17, 15) is 12.8 Å². The Morgan fingerprint density at radius 2 is 1.52 bits per heavy atom. The molecule has 0 saturated carbocycles. The molecule has 0 unspecified atom stereocenters. The minimum atomic E-state index is -3.67. The molecular weight excluding hydrogens is 457 g/mol. The van der Waals surface area contributed by atoms with Crippen molar-refractivity contribution in [2.24, 2.45) is 0 Å². The van der Waals surface area contributed by atoms with Crippen molar-refractivity contribution in [1.29, 1.82) is 0 Å². The first-order chi connectivity index (χ1) is 15.9. The summed E-state index contributed by atoms with van der Waals surface area (Å²) in [5, 5.41) is 0. The van der Waals surface area contributed by atoms with Crippen LogP contribution in [0.1, 0.15) is 5.56 Å². The Morgan fingerprint density at radius 3 is 2.21 bits per heavy atom. The van der Waals surface area contributed by atoms with E-state index in [-0.39, 0.29) is 10.7 Å². The van der Waals surface area contributed by atoms with Gasteiger partial charge in [-0.3, -0.25) is 4.72 Å². The van der Waals surface area contributed by atoms with Crippen molar-refractivity contribution in [3.63, 3.8) is 0 Å². The number of hydrogen-bond acceptors (Lipinski definition) is 5. The van der Waals surface area contributed by atoms with Gasteiger partial charge in [-0.05, 0) is 55.0 Å². The summed E-state index contributed by atoms with van der Waals surface area (Å²) in [5.74, 6) is -0.279. The third-order valence-electron chi connectivity index (χ3n) is 5.18. The molecule has 0 fully saturated rings. The lowest BCUT2D eigenvalue weighted by Crippen LogP contribution is -2.12. The Balaban J connectivity index is 1.45. The van der Waals surface area contributed by atoms with Crippen LogP contribution in [0.25, 0.3) is 31.9 Å². The van der Waals surface area contributed by atoms with E-state index in [0.717, 1.165) is 37.5 Å². The Kier molecular flexibility index (Phi) is 5.39. The molecule has 0 aliphatic heterocycles. The van der Waals surface area contributed by atoms with E-state index in [2.05, 4.69) is 14.7 Å². The smallest absolute Gasteiger partial charge is 0.261 e. The van der Waals surface area contributed by atoms with Crippen LogP contribution in [-0.4, -0.2) is 18.4 Å². The fourth-order valence-corrected chi connectivity index (χ4v) is 5.63. The number of rotatable bonds is 5. The molecule has 0 aliphatic rings. The Bertz CT molecular complexity index is 1540. The number of sulfonamides is 1. The zero-order valence-electron chi connectivity index (χ0n) is 17.5. The molecule has 0 atom stereocenters. The summed E-state index contributed by atoms with van der Waals surface area (Å²) in [6, 6.07) is 22.1. The normalized spacial score (nSPS) is 11.6. The van der Waals surface area contributed by atoms with Crippen LogP contribution < -0.4 is 4.72 Å². The second-order valence-electron chi connectivity index (χ2n) is 7.55. The average molecular weight is 476 g/mol. The summed E-state index contributed by atoms with van der Waals surface area (Å²) in [5.41, 5.74) is 4.76. The zero-order chi connectivity index (χ0) is 23.0. The van der Waals surface area contributed by atoms with Crippen molar-refractivity contribution in [1.82, 2.24) is 9.97 Å². The monoisotopic (exact) mass is 475 g/mol. The molecule has 0 radical (unpaired) electrons. The van der Waals surface area contributed by atoms with Crippen molar-refractivity contribution in [2.75, 3.05) is 4.72 Å². The largest absolute Gasteiger partial charge is 0.280 e. The number of nitrogens with one attached hydrogen (secondary N) is 1. The molecule has 5 rings (SSSR count). The van der Waals surface area contributed by atoms with E-state index >= 15 is 0 Å². The van der Waals surface area contributed by atoms with Gasteiger partial charge in [0.2, 0.25) is 0 Å². The van der Waals surface area contributed by atoms with Gasteiger partial charge in [0.25, 0.3) is 10.0 Å². The quantitative estimate of drug-likeness (QED) is 0.325. The second kappa shape index (κ2) is 8.38. The van der Waals surface area contributed by atoms with Crippen molar-refractivity contribution >= 4 is 37.3 Å². The first-order valence-corrected chi connectivity index (χ1v) is 12.4. The summed E-state index contributed by atoms with van der Waals surface area (Å²) in [7, 11) is -3.67. The lowest BCUT2D eigenvalue weighted by Gasteiger charge is -2.09. The number of nitrogens with zero attached hydrogens (tertiary/aromatic N) is 2. The number of anilines is 1. The van der Waals surface area contributed by atoms with Gasteiger partial charge in [-0.15, -0.1) is 11.3 Å². The van der Waals surface area contributed by atoms with E-state index < -0.39 is 10.0 Å². The maximum atomic E-state index is 13.3. The van der Waals surface area contributed by atoms with Gasteiger partial charge < -0.3 is 0 Å².